The molecule has 0 saturated carbocycles. The van der Waals surface area contributed by atoms with Crippen molar-refractivity contribution in [3.8, 4) is 0 Å². The number of rotatable bonds is 5. The highest BCUT2D eigenvalue weighted by Crippen LogP contribution is 2.36. The first-order chi connectivity index (χ1) is 13.7. The summed E-state index contributed by atoms with van der Waals surface area (Å²) in [4.78, 5) is 0. The second-order valence-electron chi connectivity index (χ2n) is 7.57. The molecular formula is C26H28N2. The molecule has 0 amide bonds. The molecule has 0 saturated heterocycles. The second-order valence-corrected chi connectivity index (χ2v) is 7.57. The van der Waals surface area contributed by atoms with E-state index in [4.69, 9.17) is 11.5 Å². The van der Waals surface area contributed by atoms with E-state index in [0.717, 1.165) is 31.2 Å². The molecule has 28 heavy (non-hydrogen) atoms. The molecule has 142 valence electrons. The van der Waals surface area contributed by atoms with E-state index in [-0.39, 0.29) is 5.92 Å². The van der Waals surface area contributed by atoms with Gasteiger partial charge in [-0.2, -0.15) is 0 Å². The van der Waals surface area contributed by atoms with Gasteiger partial charge in [-0.15, -0.1) is 0 Å². The van der Waals surface area contributed by atoms with Crippen molar-refractivity contribution in [1.82, 2.24) is 0 Å². The van der Waals surface area contributed by atoms with Gasteiger partial charge >= 0.3 is 0 Å². The van der Waals surface area contributed by atoms with Crippen molar-refractivity contribution in [2.24, 2.45) is 11.5 Å². The molecule has 1 unspecified atom stereocenters. The molecule has 2 nitrogen and oxygen atoms in total. The normalized spacial score (nSPS) is 17.4. The quantitative estimate of drug-likeness (QED) is 0.682. The molecule has 0 aromatic heterocycles. The lowest BCUT2D eigenvalue weighted by Crippen LogP contribution is -2.37. The van der Waals surface area contributed by atoms with Gasteiger partial charge in [-0.1, -0.05) is 85.0 Å². The summed E-state index contributed by atoms with van der Waals surface area (Å²) >= 11 is 0. The zero-order valence-corrected chi connectivity index (χ0v) is 16.2. The standard InChI is InChI=1S/C26H28N2/c27-26(28)25(21-14-8-3-9-15-21)22-16-17-23(19-10-4-1-5-11-19)24(18-22)20-12-6-2-7-13-20/h2-4,6,8-12,14-18,25-26H,1,5,7,13,27-28H2. The zero-order valence-electron chi connectivity index (χ0n) is 16.2. The van der Waals surface area contributed by atoms with Gasteiger partial charge in [-0.25, -0.2) is 0 Å². The minimum Gasteiger partial charge on any atom is -0.315 e. The largest absolute Gasteiger partial charge is 0.315 e. The highest BCUT2D eigenvalue weighted by Gasteiger charge is 2.21. The maximum absolute atomic E-state index is 6.24. The Morgan fingerprint density at radius 3 is 2.32 bits per heavy atom. The van der Waals surface area contributed by atoms with E-state index < -0.39 is 6.17 Å². The van der Waals surface area contributed by atoms with Crippen molar-refractivity contribution in [1.29, 1.82) is 0 Å². The maximum atomic E-state index is 6.24. The molecular weight excluding hydrogens is 340 g/mol. The minimum absolute atomic E-state index is 0.0235. The van der Waals surface area contributed by atoms with Crippen LogP contribution in [-0.4, -0.2) is 6.17 Å². The van der Waals surface area contributed by atoms with Gasteiger partial charge in [0.15, 0.2) is 0 Å². The van der Waals surface area contributed by atoms with E-state index in [1.54, 1.807) is 0 Å². The smallest absolute Gasteiger partial charge is 0.0633 e. The van der Waals surface area contributed by atoms with Crippen LogP contribution >= 0.6 is 0 Å². The average Bonchev–Trinajstić information content (AvgIpc) is 2.75. The van der Waals surface area contributed by atoms with Crippen LogP contribution in [0.3, 0.4) is 0 Å². The molecule has 2 aliphatic carbocycles. The molecule has 2 heteroatoms. The van der Waals surface area contributed by atoms with E-state index in [1.807, 2.05) is 18.2 Å². The first-order valence-electron chi connectivity index (χ1n) is 10.2. The molecule has 0 spiro atoms. The summed E-state index contributed by atoms with van der Waals surface area (Å²) in [5, 5.41) is 0. The van der Waals surface area contributed by atoms with Gasteiger partial charge in [0.25, 0.3) is 0 Å². The molecule has 2 aromatic carbocycles. The average molecular weight is 369 g/mol. The maximum Gasteiger partial charge on any atom is 0.0633 e. The Kier molecular flexibility index (Phi) is 5.70. The van der Waals surface area contributed by atoms with Crippen molar-refractivity contribution < 1.29 is 0 Å². The SMILES string of the molecule is NC(N)C(c1ccccc1)c1ccc(C2=CCCC=C2)c(C2=CC=CCC2)c1. The monoisotopic (exact) mass is 368 g/mol. The van der Waals surface area contributed by atoms with Crippen molar-refractivity contribution in [3.05, 3.63) is 107 Å². The third-order valence-electron chi connectivity index (χ3n) is 5.61. The molecule has 0 fully saturated rings. The molecule has 0 bridgehead atoms. The van der Waals surface area contributed by atoms with Crippen LogP contribution in [0.2, 0.25) is 0 Å². The molecule has 2 aromatic rings. The Morgan fingerprint density at radius 2 is 1.64 bits per heavy atom. The molecule has 2 aliphatic rings. The van der Waals surface area contributed by atoms with Crippen molar-refractivity contribution in [2.75, 3.05) is 0 Å². The van der Waals surface area contributed by atoms with Crippen LogP contribution in [0.15, 0.2) is 85.0 Å². The lowest BCUT2D eigenvalue weighted by atomic mass is 9.83. The number of hydrogen-bond acceptors (Lipinski definition) is 2. The topological polar surface area (TPSA) is 52.0 Å². The summed E-state index contributed by atoms with van der Waals surface area (Å²) in [6, 6.07) is 17.1. The molecule has 1 atom stereocenters. The van der Waals surface area contributed by atoms with Gasteiger partial charge in [0.2, 0.25) is 0 Å². The van der Waals surface area contributed by atoms with Crippen LogP contribution in [-0.2, 0) is 0 Å². The summed E-state index contributed by atoms with van der Waals surface area (Å²) in [5.41, 5.74) is 20.1. The van der Waals surface area contributed by atoms with Gasteiger partial charge in [-0.3, -0.25) is 0 Å². The fraction of sp³-hybridized carbons (Fsp3) is 0.231. The first-order valence-corrected chi connectivity index (χ1v) is 10.2. The lowest BCUT2D eigenvalue weighted by Gasteiger charge is -2.25. The third-order valence-corrected chi connectivity index (χ3v) is 5.61. The van der Waals surface area contributed by atoms with Crippen molar-refractivity contribution in [2.45, 2.75) is 37.8 Å². The molecule has 0 heterocycles. The van der Waals surface area contributed by atoms with E-state index in [2.05, 4.69) is 66.8 Å². The molecule has 0 radical (unpaired) electrons. The Balaban J connectivity index is 1.83. The van der Waals surface area contributed by atoms with Crippen LogP contribution in [0.25, 0.3) is 11.1 Å². The van der Waals surface area contributed by atoms with E-state index in [0.29, 0.717) is 0 Å². The molecule has 4 N–H and O–H groups in total. The van der Waals surface area contributed by atoms with Gasteiger partial charge in [-0.05, 0) is 59.1 Å². The van der Waals surface area contributed by atoms with Crippen molar-refractivity contribution >= 4 is 11.1 Å². The van der Waals surface area contributed by atoms with Crippen LogP contribution in [0.5, 0.6) is 0 Å². The zero-order chi connectivity index (χ0) is 19.3. The summed E-state index contributed by atoms with van der Waals surface area (Å²) in [5.74, 6) is -0.0235. The highest BCUT2D eigenvalue weighted by atomic mass is 14.9. The van der Waals surface area contributed by atoms with E-state index in [9.17, 15) is 0 Å². The van der Waals surface area contributed by atoms with Gasteiger partial charge < -0.3 is 11.5 Å². The fourth-order valence-electron chi connectivity index (χ4n) is 4.21. The summed E-state index contributed by atoms with van der Waals surface area (Å²) in [6.45, 7) is 0. The predicted octanol–water partition coefficient (Wildman–Crippen LogP) is 5.53. The van der Waals surface area contributed by atoms with Crippen molar-refractivity contribution in [3.63, 3.8) is 0 Å². The second kappa shape index (κ2) is 8.55. The van der Waals surface area contributed by atoms with Gasteiger partial charge in [0.05, 0.1) is 6.17 Å². The van der Waals surface area contributed by atoms with E-state index >= 15 is 0 Å². The fourth-order valence-corrected chi connectivity index (χ4v) is 4.21. The van der Waals surface area contributed by atoms with Crippen LogP contribution < -0.4 is 11.5 Å². The number of allylic oxidation sites excluding steroid dienone is 8. The number of benzene rings is 2. The Hall–Kier alpha value is -2.68. The van der Waals surface area contributed by atoms with Gasteiger partial charge in [0, 0.05) is 5.92 Å². The summed E-state index contributed by atoms with van der Waals surface area (Å²) in [7, 11) is 0. The molecule has 0 aliphatic heterocycles. The Bertz CT molecular complexity index is 946. The Labute approximate surface area is 168 Å². The molecule has 4 rings (SSSR count). The summed E-state index contributed by atoms with van der Waals surface area (Å²) < 4.78 is 0. The van der Waals surface area contributed by atoms with Gasteiger partial charge in [0.1, 0.15) is 0 Å². The lowest BCUT2D eigenvalue weighted by molar-refractivity contribution is 0.618. The third kappa shape index (κ3) is 3.94. The highest BCUT2D eigenvalue weighted by molar-refractivity contribution is 5.85. The van der Waals surface area contributed by atoms with E-state index in [1.165, 1.54) is 27.8 Å². The van der Waals surface area contributed by atoms with Crippen LogP contribution in [0.4, 0.5) is 0 Å². The predicted molar refractivity (Wildman–Crippen MR) is 120 cm³/mol. The number of nitrogens with two attached hydrogens (primary N) is 2. The number of hydrogen-bond donors (Lipinski definition) is 2. The summed E-state index contributed by atoms with van der Waals surface area (Å²) in [6.07, 6.45) is 17.5. The minimum atomic E-state index is -0.449. The first kappa shape index (κ1) is 18.7. The van der Waals surface area contributed by atoms with Crippen LogP contribution in [0.1, 0.15) is 53.9 Å². The Morgan fingerprint density at radius 1 is 0.786 bits per heavy atom. The van der Waals surface area contributed by atoms with Crippen LogP contribution in [0, 0.1) is 0 Å².